The van der Waals surface area contributed by atoms with Gasteiger partial charge in [-0.05, 0) is 34.6 Å². The van der Waals surface area contributed by atoms with Crippen LogP contribution in [0.2, 0.25) is 5.02 Å². The lowest BCUT2D eigenvalue weighted by molar-refractivity contribution is 1.41. The second-order valence-corrected chi connectivity index (χ2v) is 6.09. The van der Waals surface area contributed by atoms with E-state index in [0.29, 0.717) is 5.00 Å². The molecule has 0 amide bonds. The molecule has 0 saturated carbocycles. The molecule has 2 aromatic heterocycles. The van der Waals surface area contributed by atoms with Gasteiger partial charge in [0.05, 0.1) is 5.52 Å². The maximum Gasteiger partial charge on any atom is 0.263 e. The van der Waals surface area contributed by atoms with E-state index in [9.17, 15) is 4.79 Å². The molecule has 3 nitrogen and oxygen atoms in total. The summed E-state index contributed by atoms with van der Waals surface area (Å²) in [5.41, 5.74) is 1.80. The highest BCUT2D eigenvalue weighted by Gasteiger charge is 2.09. The van der Waals surface area contributed by atoms with Crippen molar-refractivity contribution in [2.45, 2.75) is 0 Å². The molecule has 1 aromatic carbocycles. The van der Waals surface area contributed by atoms with Crippen molar-refractivity contribution >= 4 is 53.9 Å². The molecule has 1 N–H and O–H groups in total. The molecule has 0 saturated heterocycles. The van der Waals surface area contributed by atoms with Crippen molar-refractivity contribution < 1.29 is 0 Å². The van der Waals surface area contributed by atoms with Crippen LogP contribution in [0.1, 0.15) is 0 Å². The van der Waals surface area contributed by atoms with Crippen LogP contribution in [0.25, 0.3) is 10.9 Å². The molecule has 0 bridgehead atoms. The van der Waals surface area contributed by atoms with E-state index in [0.717, 1.165) is 26.9 Å². The zero-order valence-electron chi connectivity index (χ0n) is 9.01. The Morgan fingerprint density at radius 3 is 2.83 bits per heavy atom. The molecule has 6 heteroatoms. The summed E-state index contributed by atoms with van der Waals surface area (Å²) in [6.07, 6.45) is 1.75. The summed E-state index contributed by atoms with van der Waals surface area (Å²) in [6, 6.07) is 9.66. The molecule has 3 aromatic rings. The zero-order valence-corrected chi connectivity index (χ0v) is 11.4. The minimum atomic E-state index is -0.109. The van der Waals surface area contributed by atoms with Gasteiger partial charge in [-0.2, -0.15) is 0 Å². The number of anilines is 2. The van der Waals surface area contributed by atoms with E-state index in [2.05, 4.69) is 10.3 Å². The Morgan fingerprint density at radius 2 is 2.06 bits per heavy atom. The van der Waals surface area contributed by atoms with Crippen LogP contribution in [0.5, 0.6) is 0 Å². The second kappa shape index (κ2) is 4.68. The minimum absolute atomic E-state index is 0.109. The first-order valence-corrected chi connectivity index (χ1v) is 7.68. The van der Waals surface area contributed by atoms with Crippen LogP contribution in [0.4, 0.5) is 10.7 Å². The number of nitrogens with one attached hydrogen (secondary N) is 1. The molecule has 0 radical (unpaired) electrons. The number of hydrogen-bond donors (Lipinski definition) is 1. The predicted molar refractivity (Wildman–Crippen MR) is 78.5 cm³/mol. The van der Waals surface area contributed by atoms with Crippen molar-refractivity contribution in [1.29, 1.82) is 0 Å². The SMILES string of the molecule is O=c1ssc(Nc2cccc3ncccc23)c1Cl. The fourth-order valence-electron chi connectivity index (χ4n) is 1.66. The van der Waals surface area contributed by atoms with Gasteiger partial charge in [0.25, 0.3) is 4.74 Å². The summed E-state index contributed by atoms with van der Waals surface area (Å²) in [4.78, 5) is 15.6. The first-order chi connectivity index (χ1) is 8.75. The van der Waals surface area contributed by atoms with E-state index in [-0.39, 0.29) is 9.77 Å². The Bertz CT molecular complexity index is 761. The van der Waals surface area contributed by atoms with Crippen LogP contribution >= 0.6 is 32.3 Å². The monoisotopic (exact) mass is 294 g/mol. The van der Waals surface area contributed by atoms with Crippen molar-refractivity contribution in [2.75, 3.05) is 5.32 Å². The standard InChI is InChI=1S/C12H7ClN2OS2/c13-10-11(17-18-12(10)16)15-9-5-1-4-8-7(9)3-2-6-14-8/h1-6,15H. The van der Waals surface area contributed by atoms with E-state index in [1.165, 1.54) is 10.3 Å². The van der Waals surface area contributed by atoms with Crippen molar-refractivity contribution in [3.8, 4) is 0 Å². The molecular weight excluding hydrogens is 288 g/mol. The second-order valence-electron chi connectivity index (χ2n) is 3.60. The van der Waals surface area contributed by atoms with Gasteiger partial charge in [0, 0.05) is 17.3 Å². The van der Waals surface area contributed by atoms with Gasteiger partial charge in [-0.1, -0.05) is 28.0 Å². The van der Waals surface area contributed by atoms with E-state index in [1.54, 1.807) is 6.20 Å². The van der Waals surface area contributed by atoms with Gasteiger partial charge in [-0.25, -0.2) is 0 Å². The first-order valence-electron chi connectivity index (χ1n) is 5.15. The summed E-state index contributed by atoms with van der Waals surface area (Å²) in [6.45, 7) is 0. The van der Waals surface area contributed by atoms with Gasteiger partial charge < -0.3 is 5.32 Å². The zero-order chi connectivity index (χ0) is 12.5. The predicted octanol–water partition coefficient (Wildman–Crippen LogP) is 4.12. The highest BCUT2D eigenvalue weighted by atomic mass is 35.5. The number of nitrogens with zero attached hydrogens (tertiary/aromatic N) is 1. The lowest BCUT2D eigenvalue weighted by Crippen LogP contribution is -1.94. The Balaban J connectivity index is 2.10. The van der Waals surface area contributed by atoms with Gasteiger partial charge in [0.15, 0.2) is 0 Å². The van der Waals surface area contributed by atoms with Gasteiger partial charge in [0.2, 0.25) is 0 Å². The number of fused-ring (bicyclic) bond motifs is 1. The maximum atomic E-state index is 11.3. The van der Waals surface area contributed by atoms with E-state index >= 15 is 0 Å². The number of halogens is 1. The third-order valence-electron chi connectivity index (χ3n) is 2.47. The maximum absolute atomic E-state index is 11.3. The van der Waals surface area contributed by atoms with Crippen LogP contribution < -0.4 is 10.1 Å². The topological polar surface area (TPSA) is 42.0 Å². The molecule has 0 atom stereocenters. The Kier molecular flexibility index (Phi) is 3.03. The number of pyridine rings is 1. The Hall–Kier alpha value is -1.43. The summed E-state index contributed by atoms with van der Waals surface area (Å²) >= 11 is 5.94. The van der Waals surface area contributed by atoms with Crippen LogP contribution in [0.3, 0.4) is 0 Å². The molecule has 0 aliphatic heterocycles. The summed E-state index contributed by atoms with van der Waals surface area (Å²) in [5, 5.41) is 5.13. The lowest BCUT2D eigenvalue weighted by atomic mass is 10.2. The van der Waals surface area contributed by atoms with Gasteiger partial charge in [-0.3, -0.25) is 9.78 Å². The van der Waals surface area contributed by atoms with Gasteiger partial charge in [0.1, 0.15) is 10.0 Å². The fraction of sp³-hybridized carbons (Fsp3) is 0. The Morgan fingerprint density at radius 1 is 1.17 bits per heavy atom. The number of rotatable bonds is 2. The Labute approximate surface area is 115 Å². The number of aromatic nitrogens is 1. The van der Waals surface area contributed by atoms with E-state index < -0.39 is 0 Å². The van der Waals surface area contributed by atoms with E-state index in [4.69, 9.17) is 11.6 Å². The molecule has 18 heavy (non-hydrogen) atoms. The van der Waals surface area contributed by atoms with Gasteiger partial charge >= 0.3 is 0 Å². The average molecular weight is 295 g/mol. The largest absolute Gasteiger partial charge is 0.345 e. The van der Waals surface area contributed by atoms with Gasteiger partial charge in [-0.15, -0.1) is 0 Å². The highest BCUT2D eigenvalue weighted by Crippen LogP contribution is 2.32. The molecule has 2 heterocycles. The summed E-state index contributed by atoms with van der Waals surface area (Å²) < 4.78 is -0.109. The smallest absolute Gasteiger partial charge is 0.263 e. The molecular formula is C12H7ClN2OS2. The van der Waals surface area contributed by atoms with Crippen molar-refractivity contribution in [3.63, 3.8) is 0 Å². The third kappa shape index (κ3) is 2.01. The fourth-order valence-corrected chi connectivity index (χ4v) is 4.03. The molecule has 0 unspecified atom stereocenters. The molecule has 0 aliphatic carbocycles. The molecule has 0 aliphatic rings. The lowest BCUT2D eigenvalue weighted by Gasteiger charge is -2.07. The van der Waals surface area contributed by atoms with Crippen LogP contribution in [0.15, 0.2) is 41.3 Å². The van der Waals surface area contributed by atoms with Crippen LogP contribution in [0, 0.1) is 0 Å². The van der Waals surface area contributed by atoms with Crippen molar-refractivity contribution in [3.05, 3.63) is 51.1 Å². The minimum Gasteiger partial charge on any atom is -0.345 e. The summed E-state index contributed by atoms with van der Waals surface area (Å²) in [5.74, 6) is 0. The molecule has 3 rings (SSSR count). The normalized spacial score (nSPS) is 10.7. The quantitative estimate of drug-likeness (QED) is 0.723. The number of benzene rings is 1. The molecule has 90 valence electrons. The van der Waals surface area contributed by atoms with Crippen molar-refractivity contribution in [1.82, 2.24) is 4.98 Å². The molecule has 0 spiro atoms. The summed E-state index contributed by atoms with van der Waals surface area (Å²) in [7, 11) is 2.48. The van der Waals surface area contributed by atoms with Crippen LogP contribution in [-0.4, -0.2) is 4.98 Å². The van der Waals surface area contributed by atoms with Crippen molar-refractivity contribution in [2.24, 2.45) is 0 Å². The number of hydrogen-bond acceptors (Lipinski definition) is 5. The van der Waals surface area contributed by atoms with E-state index in [1.807, 2.05) is 30.3 Å². The first kappa shape index (κ1) is 11.6. The highest BCUT2D eigenvalue weighted by molar-refractivity contribution is 7.70. The average Bonchev–Trinajstić information content (AvgIpc) is 2.71. The third-order valence-corrected chi connectivity index (χ3v) is 5.17. The molecule has 0 fully saturated rings. The van der Waals surface area contributed by atoms with Crippen LogP contribution in [-0.2, 0) is 0 Å².